The molecule has 5 heteroatoms. The highest BCUT2D eigenvalue weighted by molar-refractivity contribution is 5.97. The Kier molecular flexibility index (Phi) is 5.64. The summed E-state index contributed by atoms with van der Waals surface area (Å²) in [5.74, 6) is 0.471. The Labute approximate surface area is 138 Å². The van der Waals surface area contributed by atoms with Crippen LogP contribution in [0.1, 0.15) is 19.8 Å². The molecule has 0 spiro atoms. The number of hydrogen-bond donors (Lipinski definition) is 1. The number of carbonyl (C=O) groups is 1. The maximum Gasteiger partial charge on any atom is 0.266 e. The van der Waals surface area contributed by atoms with E-state index in [2.05, 4.69) is 12.2 Å². The summed E-state index contributed by atoms with van der Waals surface area (Å²) in [7, 11) is 3.96. The lowest BCUT2D eigenvalue weighted by Gasteiger charge is -2.30. The van der Waals surface area contributed by atoms with Gasteiger partial charge in [-0.1, -0.05) is 6.92 Å². The van der Waals surface area contributed by atoms with Gasteiger partial charge >= 0.3 is 0 Å². The fourth-order valence-electron chi connectivity index (χ4n) is 2.54. The van der Waals surface area contributed by atoms with E-state index in [-0.39, 0.29) is 11.5 Å². The molecule has 1 saturated heterocycles. The van der Waals surface area contributed by atoms with Gasteiger partial charge in [-0.05, 0) is 43.0 Å². The van der Waals surface area contributed by atoms with Crippen molar-refractivity contribution in [2.24, 2.45) is 5.92 Å². The van der Waals surface area contributed by atoms with Gasteiger partial charge in [0.05, 0.1) is 0 Å². The van der Waals surface area contributed by atoms with Gasteiger partial charge in [-0.25, -0.2) is 0 Å². The van der Waals surface area contributed by atoms with Crippen molar-refractivity contribution < 1.29 is 4.79 Å². The number of anilines is 2. The first-order chi connectivity index (χ1) is 11.0. The van der Waals surface area contributed by atoms with Crippen molar-refractivity contribution in [2.75, 3.05) is 37.4 Å². The Morgan fingerprint density at radius 3 is 2.43 bits per heavy atom. The number of piperidine rings is 1. The molecule has 0 saturated carbocycles. The van der Waals surface area contributed by atoms with Crippen LogP contribution in [-0.2, 0) is 4.79 Å². The summed E-state index contributed by atoms with van der Waals surface area (Å²) in [6.45, 7) is 3.66. The highest BCUT2D eigenvalue weighted by Crippen LogP contribution is 2.19. The zero-order chi connectivity index (χ0) is 16.8. The van der Waals surface area contributed by atoms with Crippen LogP contribution in [0.25, 0.3) is 0 Å². The van der Waals surface area contributed by atoms with E-state index >= 15 is 0 Å². The Hall–Kier alpha value is -2.48. The minimum absolute atomic E-state index is 0.149. The standard InChI is InChI=1S/C18H24N4O/c1-14-8-10-22(11-9-14)18(23)15(12-19)13-20-16-4-6-17(7-5-16)21(2)3/h4-7,13-14,20H,8-11H2,1-3H3/b15-13-. The zero-order valence-electron chi connectivity index (χ0n) is 14.0. The molecule has 23 heavy (non-hydrogen) atoms. The molecule has 5 nitrogen and oxygen atoms in total. The van der Waals surface area contributed by atoms with Crippen molar-refractivity contribution in [3.63, 3.8) is 0 Å². The van der Waals surface area contributed by atoms with E-state index in [0.717, 1.165) is 37.3 Å². The molecule has 0 bridgehead atoms. The van der Waals surface area contributed by atoms with Crippen LogP contribution in [0.4, 0.5) is 11.4 Å². The summed E-state index contributed by atoms with van der Waals surface area (Å²) in [6, 6.07) is 9.82. The quantitative estimate of drug-likeness (QED) is 0.686. The predicted molar refractivity (Wildman–Crippen MR) is 93.1 cm³/mol. The number of amides is 1. The molecule has 1 aliphatic rings. The van der Waals surface area contributed by atoms with Crippen LogP contribution in [-0.4, -0.2) is 38.0 Å². The van der Waals surface area contributed by atoms with E-state index in [1.54, 1.807) is 4.90 Å². The molecule has 1 amide bonds. The van der Waals surface area contributed by atoms with Gasteiger partial charge in [0.2, 0.25) is 0 Å². The average molecular weight is 312 g/mol. The van der Waals surface area contributed by atoms with E-state index in [0.29, 0.717) is 5.92 Å². The summed E-state index contributed by atoms with van der Waals surface area (Å²) in [4.78, 5) is 16.2. The summed E-state index contributed by atoms with van der Waals surface area (Å²) in [6.07, 6.45) is 3.51. The molecule has 1 aliphatic heterocycles. The Morgan fingerprint density at radius 2 is 1.91 bits per heavy atom. The number of likely N-dealkylation sites (tertiary alicyclic amines) is 1. The molecule has 1 N–H and O–H groups in total. The molecule has 122 valence electrons. The fourth-order valence-corrected chi connectivity index (χ4v) is 2.54. The number of benzene rings is 1. The predicted octanol–water partition coefficient (Wildman–Crippen LogP) is 2.83. The number of nitrogens with one attached hydrogen (secondary N) is 1. The number of rotatable bonds is 4. The minimum atomic E-state index is -0.184. The Bertz CT molecular complexity index is 605. The van der Waals surface area contributed by atoms with Gasteiger partial charge < -0.3 is 15.1 Å². The molecular formula is C18H24N4O. The monoisotopic (exact) mass is 312 g/mol. The Balaban J connectivity index is 2.01. The first kappa shape index (κ1) is 16.9. The molecule has 1 fully saturated rings. The van der Waals surface area contributed by atoms with Crippen molar-refractivity contribution in [1.82, 2.24) is 4.90 Å². The summed E-state index contributed by atoms with van der Waals surface area (Å²) < 4.78 is 0. The van der Waals surface area contributed by atoms with E-state index in [9.17, 15) is 10.1 Å². The van der Waals surface area contributed by atoms with Crippen molar-refractivity contribution >= 4 is 17.3 Å². The van der Waals surface area contributed by atoms with Crippen molar-refractivity contribution in [3.8, 4) is 6.07 Å². The van der Waals surface area contributed by atoms with Crippen LogP contribution in [0.3, 0.4) is 0 Å². The smallest absolute Gasteiger partial charge is 0.266 e. The third-order valence-corrected chi connectivity index (χ3v) is 4.19. The van der Waals surface area contributed by atoms with Crippen molar-refractivity contribution in [3.05, 3.63) is 36.0 Å². The first-order valence-electron chi connectivity index (χ1n) is 7.94. The van der Waals surface area contributed by atoms with Gasteiger partial charge in [0, 0.05) is 44.8 Å². The molecule has 2 rings (SSSR count). The molecule has 1 aromatic rings. The first-order valence-corrected chi connectivity index (χ1v) is 7.94. The molecule has 1 heterocycles. The average Bonchev–Trinajstić information content (AvgIpc) is 2.56. The highest BCUT2D eigenvalue weighted by Gasteiger charge is 2.22. The highest BCUT2D eigenvalue weighted by atomic mass is 16.2. The second-order valence-electron chi connectivity index (χ2n) is 6.23. The topological polar surface area (TPSA) is 59.4 Å². The fraction of sp³-hybridized carbons (Fsp3) is 0.444. The molecule has 1 aromatic carbocycles. The van der Waals surface area contributed by atoms with E-state index in [1.165, 1.54) is 6.20 Å². The lowest BCUT2D eigenvalue weighted by Crippen LogP contribution is -2.38. The third kappa shape index (κ3) is 4.49. The van der Waals surface area contributed by atoms with Gasteiger partial charge in [-0.15, -0.1) is 0 Å². The van der Waals surface area contributed by atoms with Gasteiger partial charge in [-0.3, -0.25) is 4.79 Å². The van der Waals surface area contributed by atoms with E-state index in [4.69, 9.17) is 0 Å². The molecular weight excluding hydrogens is 288 g/mol. The number of nitrogens with zero attached hydrogens (tertiary/aromatic N) is 3. The molecule has 0 aliphatic carbocycles. The Morgan fingerprint density at radius 1 is 1.30 bits per heavy atom. The molecule has 0 atom stereocenters. The van der Waals surface area contributed by atoms with Gasteiger partial charge in [-0.2, -0.15) is 5.26 Å². The van der Waals surface area contributed by atoms with Crippen LogP contribution >= 0.6 is 0 Å². The second kappa shape index (κ2) is 7.68. The van der Waals surface area contributed by atoms with Gasteiger partial charge in [0.1, 0.15) is 11.6 Å². The van der Waals surface area contributed by atoms with Gasteiger partial charge in [0.25, 0.3) is 5.91 Å². The van der Waals surface area contributed by atoms with Crippen LogP contribution < -0.4 is 10.2 Å². The molecule has 0 unspecified atom stereocenters. The normalized spacial score (nSPS) is 15.9. The minimum Gasteiger partial charge on any atom is -0.378 e. The summed E-state index contributed by atoms with van der Waals surface area (Å²) in [5, 5.41) is 12.3. The van der Waals surface area contributed by atoms with Crippen LogP contribution in [0, 0.1) is 17.2 Å². The summed E-state index contributed by atoms with van der Waals surface area (Å²) >= 11 is 0. The zero-order valence-corrected chi connectivity index (χ0v) is 14.0. The van der Waals surface area contributed by atoms with E-state index in [1.807, 2.05) is 49.3 Å². The lowest BCUT2D eigenvalue weighted by atomic mass is 9.99. The lowest BCUT2D eigenvalue weighted by molar-refractivity contribution is -0.128. The number of carbonyl (C=O) groups excluding carboxylic acids is 1. The van der Waals surface area contributed by atoms with E-state index < -0.39 is 0 Å². The van der Waals surface area contributed by atoms with Crippen LogP contribution in [0.15, 0.2) is 36.0 Å². The van der Waals surface area contributed by atoms with Crippen molar-refractivity contribution in [1.29, 1.82) is 5.26 Å². The number of hydrogen-bond acceptors (Lipinski definition) is 4. The maximum absolute atomic E-state index is 12.4. The molecule has 0 radical (unpaired) electrons. The van der Waals surface area contributed by atoms with Crippen molar-refractivity contribution in [2.45, 2.75) is 19.8 Å². The second-order valence-corrected chi connectivity index (χ2v) is 6.23. The van der Waals surface area contributed by atoms with Crippen LogP contribution in [0.5, 0.6) is 0 Å². The van der Waals surface area contributed by atoms with Crippen LogP contribution in [0.2, 0.25) is 0 Å². The number of nitriles is 1. The third-order valence-electron chi connectivity index (χ3n) is 4.19. The maximum atomic E-state index is 12.4. The largest absolute Gasteiger partial charge is 0.378 e. The van der Waals surface area contributed by atoms with Gasteiger partial charge in [0.15, 0.2) is 0 Å². The summed E-state index contributed by atoms with van der Waals surface area (Å²) in [5.41, 5.74) is 2.10. The SMILES string of the molecule is CC1CCN(C(=O)/C(C#N)=C\Nc2ccc(N(C)C)cc2)CC1. The molecule has 0 aromatic heterocycles.